The van der Waals surface area contributed by atoms with Crippen molar-refractivity contribution in [2.45, 2.75) is 65.5 Å². The molecule has 0 aromatic rings. The standard InChI is InChI=1S/C16H35N3O2/c1-13(2)15(17-5)12-21-16(20)19-11-9-7-6-8-10-18-14(3)4/h13-15,17-18H,6-12H2,1-5H3,(H,19,20)/t15-/m0/s1. The molecule has 1 atom stereocenters. The van der Waals surface area contributed by atoms with E-state index in [9.17, 15) is 4.79 Å². The number of rotatable bonds is 12. The van der Waals surface area contributed by atoms with Gasteiger partial charge in [-0.2, -0.15) is 0 Å². The molecule has 0 fully saturated rings. The number of amides is 1. The summed E-state index contributed by atoms with van der Waals surface area (Å²) < 4.78 is 5.21. The van der Waals surface area contributed by atoms with E-state index >= 15 is 0 Å². The molecule has 0 aliphatic heterocycles. The number of likely N-dealkylation sites (N-methyl/N-ethyl adjacent to an activating group) is 1. The highest BCUT2D eigenvalue weighted by Gasteiger charge is 2.13. The Morgan fingerprint density at radius 1 is 1.00 bits per heavy atom. The van der Waals surface area contributed by atoms with Crippen LogP contribution in [0.2, 0.25) is 0 Å². The van der Waals surface area contributed by atoms with Gasteiger partial charge in [-0.1, -0.05) is 40.5 Å². The van der Waals surface area contributed by atoms with Crippen LogP contribution < -0.4 is 16.0 Å². The summed E-state index contributed by atoms with van der Waals surface area (Å²) in [7, 11) is 1.89. The molecule has 0 heterocycles. The van der Waals surface area contributed by atoms with Gasteiger partial charge in [-0.25, -0.2) is 4.79 Å². The third-order valence-corrected chi connectivity index (χ3v) is 3.49. The third-order valence-electron chi connectivity index (χ3n) is 3.49. The van der Waals surface area contributed by atoms with Crippen molar-refractivity contribution in [3.8, 4) is 0 Å². The summed E-state index contributed by atoms with van der Waals surface area (Å²) in [5, 5.41) is 9.36. The molecule has 0 aromatic heterocycles. The third kappa shape index (κ3) is 12.6. The molecule has 0 saturated carbocycles. The quantitative estimate of drug-likeness (QED) is 0.485. The molecule has 0 aromatic carbocycles. The number of unbranched alkanes of at least 4 members (excludes halogenated alkanes) is 3. The molecule has 126 valence electrons. The van der Waals surface area contributed by atoms with Crippen LogP contribution in [0, 0.1) is 5.92 Å². The molecule has 0 aliphatic rings. The lowest BCUT2D eigenvalue weighted by Crippen LogP contribution is -2.38. The summed E-state index contributed by atoms with van der Waals surface area (Å²) in [6, 6.07) is 0.776. The van der Waals surface area contributed by atoms with Gasteiger partial charge in [0, 0.05) is 18.6 Å². The van der Waals surface area contributed by atoms with Gasteiger partial charge in [0.1, 0.15) is 6.61 Å². The lowest BCUT2D eigenvalue weighted by atomic mass is 10.1. The molecule has 0 aliphatic carbocycles. The summed E-state index contributed by atoms with van der Waals surface area (Å²) in [4.78, 5) is 11.5. The fourth-order valence-electron chi connectivity index (χ4n) is 2.01. The number of alkyl carbamates (subject to hydrolysis) is 1. The van der Waals surface area contributed by atoms with E-state index < -0.39 is 0 Å². The number of nitrogens with one attached hydrogen (secondary N) is 3. The molecule has 0 radical (unpaired) electrons. The highest BCUT2D eigenvalue weighted by Crippen LogP contribution is 2.02. The van der Waals surface area contributed by atoms with E-state index in [2.05, 4.69) is 43.6 Å². The Morgan fingerprint density at radius 2 is 1.62 bits per heavy atom. The number of hydrogen-bond donors (Lipinski definition) is 3. The van der Waals surface area contributed by atoms with Crippen LogP contribution in [0.25, 0.3) is 0 Å². The van der Waals surface area contributed by atoms with Crippen molar-refractivity contribution in [1.82, 2.24) is 16.0 Å². The second kappa shape index (κ2) is 12.9. The molecule has 0 saturated heterocycles. The highest BCUT2D eigenvalue weighted by atomic mass is 16.5. The average molecular weight is 301 g/mol. The molecule has 0 rings (SSSR count). The summed E-state index contributed by atoms with van der Waals surface area (Å²) in [6.45, 7) is 10.7. The first-order valence-electron chi connectivity index (χ1n) is 8.28. The van der Waals surface area contributed by atoms with Crippen LogP contribution in [-0.4, -0.2) is 44.9 Å². The van der Waals surface area contributed by atoms with Gasteiger partial charge in [-0.3, -0.25) is 0 Å². The Morgan fingerprint density at radius 3 is 2.14 bits per heavy atom. The summed E-state index contributed by atoms with van der Waals surface area (Å²) >= 11 is 0. The molecule has 1 amide bonds. The SMILES string of the molecule is CN[C@@H](COC(=O)NCCCCCCNC(C)C)C(C)C. The fourth-order valence-corrected chi connectivity index (χ4v) is 2.01. The number of ether oxygens (including phenoxy) is 1. The number of carbonyl (C=O) groups excluding carboxylic acids is 1. The van der Waals surface area contributed by atoms with Crippen LogP contribution in [0.4, 0.5) is 4.79 Å². The molecule has 0 bridgehead atoms. The van der Waals surface area contributed by atoms with Crippen molar-refractivity contribution in [2.75, 3.05) is 26.7 Å². The number of carbonyl (C=O) groups is 1. The van der Waals surface area contributed by atoms with Gasteiger partial charge in [0.15, 0.2) is 0 Å². The molecule has 0 spiro atoms. The first kappa shape index (κ1) is 20.2. The Balaban J connectivity index is 3.42. The van der Waals surface area contributed by atoms with Crippen molar-refractivity contribution in [3.05, 3.63) is 0 Å². The predicted molar refractivity (Wildman–Crippen MR) is 88.6 cm³/mol. The molecular weight excluding hydrogens is 266 g/mol. The van der Waals surface area contributed by atoms with E-state index in [1.54, 1.807) is 0 Å². The molecule has 21 heavy (non-hydrogen) atoms. The Hall–Kier alpha value is -0.810. The predicted octanol–water partition coefficient (Wildman–Crippen LogP) is 2.51. The van der Waals surface area contributed by atoms with Crippen molar-refractivity contribution < 1.29 is 9.53 Å². The summed E-state index contributed by atoms with van der Waals surface area (Å²) in [6.07, 6.45) is 4.24. The van der Waals surface area contributed by atoms with Crippen LogP contribution in [0.1, 0.15) is 53.4 Å². The van der Waals surface area contributed by atoms with Crippen LogP contribution in [0.5, 0.6) is 0 Å². The fraction of sp³-hybridized carbons (Fsp3) is 0.938. The minimum atomic E-state index is -0.308. The first-order chi connectivity index (χ1) is 9.97. The Labute approximate surface area is 130 Å². The molecule has 0 unspecified atom stereocenters. The maximum Gasteiger partial charge on any atom is 0.407 e. The minimum absolute atomic E-state index is 0.212. The van der Waals surface area contributed by atoms with Gasteiger partial charge in [0.05, 0.1) is 0 Å². The van der Waals surface area contributed by atoms with Gasteiger partial charge in [-0.05, 0) is 32.4 Å². The van der Waals surface area contributed by atoms with Gasteiger partial charge >= 0.3 is 6.09 Å². The van der Waals surface area contributed by atoms with Gasteiger partial charge in [0.2, 0.25) is 0 Å². The van der Waals surface area contributed by atoms with E-state index in [-0.39, 0.29) is 12.1 Å². The normalized spacial score (nSPS) is 12.7. The van der Waals surface area contributed by atoms with Crippen molar-refractivity contribution in [3.63, 3.8) is 0 Å². The Kier molecular flexibility index (Phi) is 12.4. The summed E-state index contributed by atoms with van der Waals surface area (Å²) in [5.74, 6) is 0.447. The van der Waals surface area contributed by atoms with E-state index in [0.29, 0.717) is 25.1 Å². The first-order valence-corrected chi connectivity index (χ1v) is 8.28. The van der Waals surface area contributed by atoms with Crippen LogP contribution in [-0.2, 0) is 4.74 Å². The van der Waals surface area contributed by atoms with Crippen LogP contribution in [0.15, 0.2) is 0 Å². The maximum atomic E-state index is 11.5. The number of hydrogen-bond acceptors (Lipinski definition) is 4. The van der Waals surface area contributed by atoms with Gasteiger partial charge < -0.3 is 20.7 Å². The largest absolute Gasteiger partial charge is 0.448 e. The van der Waals surface area contributed by atoms with Gasteiger partial charge in [-0.15, -0.1) is 0 Å². The zero-order valence-corrected chi connectivity index (χ0v) is 14.5. The minimum Gasteiger partial charge on any atom is -0.448 e. The maximum absolute atomic E-state index is 11.5. The van der Waals surface area contributed by atoms with E-state index in [4.69, 9.17) is 4.74 Å². The second-order valence-electron chi connectivity index (χ2n) is 6.19. The molecule has 3 N–H and O–H groups in total. The van der Waals surface area contributed by atoms with Crippen LogP contribution in [0.3, 0.4) is 0 Å². The van der Waals surface area contributed by atoms with Crippen molar-refractivity contribution >= 4 is 6.09 Å². The van der Waals surface area contributed by atoms with Crippen molar-refractivity contribution in [2.24, 2.45) is 5.92 Å². The van der Waals surface area contributed by atoms with Crippen molar-refractivity contribution in [1.29, 1.82) is 0 Å². The lowest BCUT2D eigenvalue weighted by molar-refractivity contribution is 0.126. The Bertz CT molecular complexity index is 258. The van der Waals surface area contributed by atoms with E-state index in [1.807, 2.05) is 7.05 Å². The second-order valence-corrected chi connectivity index (χ2v) is 6.19. The van der Waals surface area contributed by atoms with E-state index in [0.717, 1.165) is 19.4 Å². The molecule has 5 heteroatoms. The van der Waals surface area contributed by atoms with Crippen LogP contribution >= 0.6 is 0 Å². The monoisotopic (exact) mass is 301 g/mol. The lowest BCUT2D eigenvalue weighted by Gasteiger charge is -2.19. The molecular formula is C16H35N3O2. The zero-order chi connectivity index (χ0) is 16.1. The topological polar surface area (TPSA) is 62.4 Å². The average Bonchev–Trinajstić information content (AvgIpc) is 2.41. The summed E-state index contributed by atoms with van der Waals surface area (Å²) in [5.41, 5.74) is 0. The highest BCUT2D eigenvalue weighted by molar-refractivity contribution is 5.67. The smallest absolute Gasteiger partial charge is 0.407 e. The zero-order valence-electron chi connectivity index (χ0n) is 14.5. The van der Waals surface area contributed by atoms with E-state index in [1.165, 1.54) is 12.8 Å². The molecule has 5 nitrogen and oxygen atoms in total. The van der Waals surface area contributed by atoms with Gasteiger partial charge in [0.25, 0.3) is 0 Å².